The van der Waals surface area contributed by atoms with E-state index in [4.69, 9.17) is 16.3 Å². The van der Waals surface area contributed by atoms with Gasteiger partial charge in [-0.15, -0.1) is 0 Å². The van der Waals surface area contributed by atoms with Crippen molar-refractivity contribution in [3.8, 4) is 0 Å². The van der Waals surface area contributed by atoms with Gasteiger partial charge in [0.15, 0.2) is 0 Å². The largest absolute Gasteiger partial charge is 0.444 e. The van der Waals surface area contributed by atoms with Crippen molar-refractivity contribution < 1.29 is 9.53 Å². The molecule has 3 aromatic rings. The van der Waals surface area contributed by atoms with Gasteiger partial charge in [-0.05, 0) is 45.4 Å². The molecule has 2 aromatic heterocycles. The molecule has 0 aliphatic rings. The Kier molecular flexibility index (Phi) is 7.35. The first-order chi connectivity index (χ1) is 14.7. The highest BCUT2D eigenvalue weighted by Gasteiger charge is 2.16. The number of alkyl carbamates (subject to hydrolysis) is 1. The van der Waals surface area contributed by atoms with E-state index < -0.39 is 11.7 Å². The van der Waals surface area contributed by atoms with Gasteiger partial charge < -0.3 is 15.4 Å². The molecule has 0 atom stereocenters. The average Bonchev–Trinajstić information content (AvgIpc) is 3.07. The number of halogens is 1. The lowest BCUT2D eigenvalue weighted by Gasteiger charge is -2.19. The molecule has 2 heterocycles. The van der Waals surface area contributed by atoms with E-state index in [0.29, 0.717) is 49.0 Å². The highest BCUT2D eigenvalue weighted by molar-refractivity contribution is 6.33. The van der Waals surface area contributed by atoms with Gasteiger partial charge in [0.2, 0.25) is 0 Å². The third-order valence-electron chi connectivity index (χ3n) is 4.47. The number of nitrogens with zero attached hydrogens (tertiary/aromatic N) is 3. The molecule has 0 spiro atoms. The van der Waals surface area contributed by atoms with E-state index in [-0.39, 0.29) is 5.56 Å². The van der Waals surface area contributed by atoms with Gasteiger partial charge >= 0.3 is 6.09 Å². The molecule has 0 fully saturated rings. The molecule has 166 valence electrons. The minimum Gasteiger partial charge on any atom is -0.444 e. The van der Waals surface area contributed by atoms with E-state index in [1.165, 1.54) is 4.52 Å². The van der Waals surface area contributed by atoms with Gasteiger partial charge in [-0.2, -0.15) is 5.10 Å². The Morgan fingerprint density at radius 3 is 2.61 bits per heavy atom. The van der Waals surface area contributed by atoms with Gasteiger partial charge in [-0.1, -0.05) is 41.9 Å². The summed E-state index contributed by atoms with van der Waals surface area (Å²) in [6.45, 7) is 7.41. The Hall–Kier alpha value is -2.84. The number of hydrogen-bond acceptors (Lipinski definition) is 5. The zero-order valence-corrected chi connectivity index (χ0v) is 18.8. The number of fused-ring (bicyclic) bond motifs is 1. The van der Waals surface area contributed by atoms with E-state index >= 15 is 0 Å². The van der Waals surface area contributed by atoms with Crippen LogP contribution in [0.5, 0.6) is 0 Å². The van der Waals surface area contributed by atoms with Crippen LogP contribution in [0.1, 0.15) is 38.6 Å². The Morgan fingerprint density at radius 2 is 1.90 bits per heavy atom. The van der Waals surface area contributed by atoms with Gasteiger partial charge in [0.05, 0.1) is 18.1 Å². The number of amides is 1. The number of benzene rings is 1. The van der Waals surface area contributed by atoms with E-state index in [9.17, 15) is 9.59 Å². The predicted octanol–water partition coefficient (Wildman–Crippen LogP) is 3.20. The quantitative estimate of drug-likeness (QED) is 0.520. The molecule has 2 N–H and O–H groups in total. The number of aromatic nitrogens is 3. The Labute approximate surface area is 186 Å². The van der Waals surface area contributed by atoms with Crippen LogP contribution in [0, 0.1) is 0 Å². The van der Waals surface area contributed by atoms with Crippen LogP contribution >= 0.6 is 11.6 Å². The summed E-state index contributed by atoms with van der Waals surface area (Å²) >= 11 is 6.20. The summed E-state index contributed by atoms with van der Waals surface area (Å²) in [6.07, 6.45) is 1.96. The van der Waals surface area contributed by atoms with Gasteiger partial charge in [0.1, 0.15) is 16.9 Å². The third kappa shape index (κ3) is 6.32. The topological polar surface area (TPSA) is 89.7 Å². The van der Waals surface area contributed by atoms with Crippen LogP contribution in [0.25, 0.3) is 5.52 Å². The first-order valence-corrected chi connectivity index (χ1v) is 10.6. The first kappa shape index (κ1) is 22.8. The zero-order chi connectivity index (χ0) is 22.4. The first-order valence-electron chi connectivity index (χ1n) is 10.2. The maximum atomic E-state index is 13.1. The summed E-state index contributed by atoms with van der Waals surface area (Å²) in [5, 5.41) is 11.0. The number of ether oxygens (including phenoxy) is 1. The van der Waals surface area contributed by atoms with Crippen LogP contribution < -0.4 is 16.2 Å². The molecule has 0 aliphatic heterocycles. The van der Waals surface area contributed by atoms with Crippen molar-refractivity contribution in [1.82, 2.24) is 24.8 Å². The fraction of sp³-hybridized carbons (Fsp3) is 0.409. The zero-order valence-electron chi connectivity index (χ0n) is 18.0. The smallest absolute Gasteiger partial charge is 0.407 e. The Morgan fingerprint density at radius 1 is 1.16 bits per heavy atom. The van der Waals surface area contributed by atoms with E-state index in [1.54, 1.807) is 16.8 Å². The monoisotopic (exact) mass is 445 g/mol. The number of carbonyl (C=O) groups excluding carboxylic acids is 1. The number of carbonyl (C=O) groups is 1. The maximum Gasteiger partial charge on any atom is 0.407 e. The minimum absolute atomic E-state index is 0.183. The van der Waals surface area contributed by atoms with Crippen LogP contribution in [0.4, 0.5) is 4.79 Å². The van der Waals surface area contributed by atoms with Crippen LogP contribution in [-0.2, 0) is 17.8 Å². The lowest BCUT2D eigenvalue weighted by Crippen LogP contribution is -2.34. The van der Waals surface area contributed by atoms with Crippen LogP contribution in [0.2, 0.25) is 5.02 Å². The second-order valence-corrected chi connectivity index (χ2v) is 8.62. The summed E-state index contributed by atoms with van der Waals surface area (Å²) in [6, 6.07) is 11.4. The third-order valence-corrected chi connectivity index (χ3v) is 4.77. The van der Waals surface area contributed by atoms with Crippen molar-refractivity contribution in [3.05, 3.63) is 69.4 Å². The van der Waals surface area contributed by atoms with Crippen molar-refractivity contribution in [2.75, 3.05) is 13.1 Å². The highest BCUT2D eigenvalue weighted by Crippen LogP contribution is 2.15. The molecule has 0 saturated carbocycles. The number of rotatable bonds is 8. The Bertz CT molecular complexity index is 1090. The normalized spacial score (nSPS) is 11.6. The van der Waals surface area contributed by atoms with E-state index in [0.717, 1.165) is 5.56 Å². The number of hydrogen-bond donors (Lipinski definition) is 2. The second kappa shape index (κ2) is 9.98. The van der Waals surface area contributed by atoms with Crippen molar-refractivity contribution >= 4 is 23.2 Å². The summed E-state index contributed by atoms with van der Waals surface area (Å²) < 4.78 is 8.37. The molecule has 1 amide bonds. The van der Waals surface area contributed by atoms with Gasteiger partial charge in [0, 0.05) is 12.7 Å². The molecule has 0 saturated heterocycles. The fourth-order valence-corrected chi connectivity index (χ4v) is 3.31. The molecular weight excluding hydrogens is 418 g/mol. The average molecular weight is 446 g/mol. The molecule has 0 radical (unpaired) electrons. The van der Waals surface area contributed by atoms with Gasteiger partial charge in [-0.25, -0.2) is 9.31 Å². The Balaban J connectivity index is 1.64. The maximum absolute atomic E-state index is 13.1. The van der Waals surface area contributed by atoms with Crippen LogP contribution in [-0.4, -0.2) is 39.0 Å². The molecule has 9 heteroatoms. The van der Waals surface area contributed by atoms with Gasteiger partial charge in [-0.3, -0.25) is 9.36 Å². The van der Waals surface area contributed by atoms with E-state index in [2.05, 4.69) is 15.7 Å². The van der Waals surface area contributed by atoms with Gasteiger partial charge in [0.25, 0.3) is 5.56 Å². The van der Waals surface area contributed by atoms with Crippen molar-refractivity contribution in [3.63, 3.8) is 0 Å². The fourth-order valence-electron chi connectivity index (χ4n) is 3.08. The molecule has 8 nitrogen and oxygen atoms in total. The molecule has 31 heavy (non-hydrogen) atoms. The summed E-state index contributed by atoms with van der Waals surface area (Å²) in [4.78, 5) is 24.8. The summed E-state index contributed by atoms with van der Waals surface area (Å²) in [7, 11) is 0. The molecule has 1 aromatic carbocycles. The molecule has 0 aliphatic carbocycles. The van der Waals surface area contributed by atoms with E-state index in [1.807, 2.05) is 51.1 Å². The predicted molar refractivity (Wildman–Crippen MR) is 121 cm³/mol. The highest BCUT2D eigenvalue weighted by atomic mass is 35.5. The lowest BCUT2D eigenvalue weighted by atomic mass is 10.2. The molecular formula is C22H28ClN5O3. The number of nitrogens with one attached hydrogen (secondary N) is 2. The molecule has 0 bridgehead atoms. The van der Waals surface area contributed by atoms with Crippen molar-refractivity contribution in [2.24, 2.45) is 0 Å². The standard InChI is InChI=1S/C22H28ClN5O3/c1-22(2,3)31-21(30)25-12-7-11-24-14-18-26-28-13-10-17(23)19(28)20(29)27(18)15-16-8-5-4-6-9-16/h4-6,8-10,13,24H,7,11-12,14-15H2,1-3H3,(H,25,30). The molecule has 3 rings (SSSR count). The van der Waals surface area contributed by atoms with Crippen molar-refractivity contribution in [1.29, 1.82) is 0 Å². The van der Waals surface area contributed by atoms with Crippen LogP contribution in [0.3, 0.4) is 0 Å². The minimum atomic E-state index is -0.517. The van der Waals surface area contributed by atoms with Crippen molar-refractivity contribution in [2.45, 2.75) is 45.9 Å². The molecule has 0 unspecified atom stereocenters. The summed E-state index contributed by atoms with van der Waals surface area (Å²) in [5.41, 5.74) is 0.664. The van der Waals surface area contributed by atoms with Crippen LogP contribution in [0.15, 0.2) is 47.4 Å². The SMILES string of the molecule is CC(C)(C)OC(=O)NCCCNCc1nn2ccc(Cl)c2c(=O)n1Cc1ccccc1. The lowest BCUT2D eigenvalue weighted by molar-refractivity contribution is 0.0527. The summed E-state index contributed by atoms with van der Waals surface area (Å²) in [5.74, 6) is 0.605. The second-order valence-electron chi connectivity index (χ2n) is 8.21.